The van der Waals surface area contributed by atoms with Gasteiger partial charge in [0.15, 0.2) is 5.65 Å². The highest BCUT2D eigenvalue weighted by Gasteiger charge is 2.31. The third-order valence-electron chi connectivity index (χ3n) is 5.61. The normalized spacial score (nSPS) is 16.0. The third-order valence-corrected chi connectivity index (χ3v) is 6.59. The number of benzene rings is 1. The summed E-state index contributed by atoms with van der Waals surface area (Å²) in [6.45, 7) is 0.530. The van der Waals surface area contributed by atoms with E-state index in [1.807, 2.05) is 22.4 Å². The molecule has 1 aromatic carbocycles. The van der Waals surface area contributed by atoms with E-state index in [1.165, 1.54) is 27.8 Å². The molecule has 5 rings (SSSR count). The molecule has 1 saturated heterocycles. The minimum Gasteiger partial charge on any atom is -0.333 e. The highest BCUT2D eigenvalue weighted by Crippen LogP contribution is 2.34. The molecule has 0 saturated carbocycles. The van der Waals surface area contributed by atoms with Crippen molar-refractivity contribution in [2.45, 2.75) is 25.4 Å². The Labute approximate surface area is 185 Å². The highest BCUT2D eigenvalue weighted by atomic mass is 32.1. The zero-order valence-corrected chi connectivity index (χ0v) is 17.6. The van der Waals surface area contributed by atoms with Gasteiger partial charge in [-0.25, -0.2) is 9.67 Å². The van der Waals surface area contributed by atoms with Crippen LogP contribution in [0, 0.1) is 10.1 Å². The van der Waals surface area contributed by atoms with Crippen LogP contribution in [0.15, 0.2) is 59.1 Å². The Morgan fingerprint density at radius 1 is 1.25 bits per heavy atom. The van der Waals surface area contributed by atoms with Crippen molar-refractivity contribution in [3.05, 3.63) is 79.6 Å². The van der Waals surface area contributed by atoms with Gasteiger partial charge in [-0.05, 0) is 30.4 Å². The topological polar surface area (TPSA) is 116 Å². The standard InChI is InChI=1S/C21H18N6O4S/c28-19(25-9-3-7-17(25)18-8-4-10-32-18)12-24-13-22-20-14(21(24)29)11-23-26(20)15-5-1-2-6-16(15)27(30)31/h1-2,4-6,8,10-11,13,17H,3,7,9,12H2. The molecule has 0 spiro atoms. The van der Waals surface area contributed by atoms with E-state index in [9.17, 15) is 19.7 Å². The number of rotatable bonds is 5. The number of hydrogen-bond acceptors (Lipinski definition) is 7. The minimum atomic E-state index is -0.511. The summed E-state index contributed by atoms with van der Waals surface area (Å²) >= 11 is 1.62. The first-order valence-electron chi connectivity index (χ1n) is 10.0. The molecule has 1 atom stereocenters. The second kappa shape index (κ2) is 8.00. The summed E-state index contributed by atoms with van der Waals surface area (Å²) in [5.74, 6) is -0.143. The molecule has 1 unspecified atom stereocenters. The maximum atomic E-state index is 13.0. The van der Waals surface area contributed by atoms with E-state index in [0.717, 1.165) is 17.7 Å². The third kappa shape index (κ3) is 3.36. The zero-order chi connectivity index (χ0) is 22.2. The Morgan fingerprint density at radius 2 is 2.09 bits per heavy atom. The van der Waals surface area contributed by atoms with Crippen LogP contribution in [0.3, 0.4) is 0 Å². The van der Waals surface area contributed by atoms with E-state index in [-0.39, 0.29) is 40.9 Å². The minimum absolute atomic E-state index is 0.0382. The van der Waals surface area contributed by atoms with Crippen LogP contribution in [-0.4, -0.2) is 41.6 Å². The highest BCUT2D eigenvalue weighted by molar-refractivity contribution is 7.10. The lowest BCUT2D eigenvalue weighted by Crippen LogP contribution is -2.36. The molecule has 3 aromatic heterocycles. The molecule has 32 heavy (non-hydrogen) atoms. The second-order valence-corrected chi connectivity index (χ2v) is 8.46. The van der Waals surface area contributed by atoms with E-state index in [4.69, 9.17) is 0 Å². The summed E-state index contributed by atoms with van der Waals surface area (Å²) in [5.41, 5.74) is -0.151. The molecule has 10 nitrogen and oxygen atoms in total. The van der Waals surface area contributed by atoms with Gasteiger partial charge in [-0.15, -0.1) is 11.3 Å². The fraction of sp³-hybridized carbons (Fsp3) is 0.238. The Morgan fingerprint density at radius 3 is 2.88 bits per heavy atom. The lowest BCUT2D eigenvalue weighted by Gasteiger charge is -2.24. The van der Waals surface area contributed by atoms with Gasteiger partial charge in [0, 0.05) is 17.5 Å². The molecule has 0 radical (unpaired) electrons. The van der Waals surface area contributed by atoms with E-state index in [1.54, 1.807) is 29.5 Å². The molecule has 0 N–H and O–H groups in total. The Hall–Kier alpha value is -3.86. The number of aromatic nitrogens is 4. The average Bonchev–Trinajstić information content (AvgIpc) is 3.55. The van der Waals surface area contributed by atoms with Crippen molar-refractivity contribution in [3.8, 4) is 5.69 Å². The lowest BCUT2D eigenvalue weighted by atomic mass is 10.2. The number of nitro groups is 1. The van der Waals surface area contributed by atoms with Crippen molar-refractivity contribution in [2.24, 2.45) is 0 Å². The number of nitro benzene ring substituents is 1. The lowest BCUT2D eigenvalue weighted by molar-refractivity contribution is -0.384. The van der Waals surface area contributed by atoms with Gasteiger partial charge in [0.05, 0.1) is 17.2 Å². The number of amides is 1. The summed E-state index contributed by atoms with van der Waals surface area (Å²) in [7, 11) is 0. The van der Waals surface area contributed by atoms with Gasteiger partial charge in [0.1, 0.15) is 23.9 Å². The van der Waals surface area contributed by atoms with Gasteiger partial charge < -0.3 is 4.90 Å². The largest absolute Gasteiger partial charge is 0.333 e. The average molecular weight is 450 g/mol. The van der Waals surface area contributed by atoms with Gasteiger partial charge in [-0.2, -0.15) is 5.10 Å². The molecule has 162 valence electrons. The van der Waals surface area contributed by atoms with Crippen LogP contribution in [0.5, 0.6) is 0 Å². The van der Waals surface area contributed by atoms with Crippen molar-refractivity contribution < 1.29 is 9.72 Å². The molecule has 1 aliphatic rings. The zero-order valence-electron chi connectivity index (χ0n) is 16.8. The quantitative estimate of drug-likeness (QED) is 0.341. The number of para-hydroxylation sites is 2. The van der Waals surface area contributed by atoms with E-state index in [0.29, 0.717) is 6.54 Å². The Balaban J connectivity index is 1.46. The second-order valence-electron chi connectivity index (χ2n) is 7.48. The summed E-state index contributed by atoms with van der Waals surface area (Å²) in [6.07, 6.45) is 4.45. The monoisotopic (exact) mass is 450 g/mol. The van der Waals surface area contributed by atoms with E-state index >= 15 is 0 Å². The SMILES string of the molecule is O=C(Cn1cnc2c(cnn2-c2ccccc2[N+](=O)[O-])c1=O)N1CCCC1c1cccs1. The summed E-state index contributed by atoms with van der Waals surface area (Å²) in [5, 5.41) is 17.7. The Kier molecular flexibility index (Phi) is 5.02. The fourth-order valence-electron chi connectivity index (χ4n) is 4.11. The molecule has 4 aromatic rings. The van der Waals surface area contributed by atoms with Crippen LogP contribution in [0.1, 0.15) is 23.8 Å². The van der Waals surface area contributed by atoms with E-state index in [2.05, 4.69) is 10.1 Å². The van der Waals surface area contributed by atoms with Crippen molar-refractivity contribution >= 4 is 34.0 Å². The first-order chi connectivity index (χ1) is 15.5. The van der Waals surface area contributed by atoms with Gasteiger partial charge >= 0.3 is 0 Å². The van der Waals surface area contributed by atoms with Crippen molar-refractivity contribution in [2.75, 3.05) is 6.54 Å². The first-order valence-corrected chi connectivity index (χ1v) is 10.9. The van der Waals surface area contributed by atoms with Gasteiger partial charge in [-0.1, -0.05) is 18.2 Å². The number of thiophene rings is 1. The molecule has 1 fully saturated rings. The molecular weight excluding hydrogens is 432 g/mol. The Bertz CT molecular complexity index is 1380. The summed E-state index contributed by atoms with van der Waals surface area (Å²) < 4.78 is 2.54. The number of fused-ring (bicyclic) bond motifs is 1. The molecule has 4 heterocycles. The molecule has 0 aliphatic carbocycles. The smallest absolute Gasteiger partial charge is 0.294 e. The van der Waals surface area contributed by atoms with Crippen LogP contribution in [-0.2, 0) is 11.3 Å². The van der Waals surface area contributed by atoms with Gasteiger partial charge in [0.25, 0.3) is 11.2 Å². The van der Waals surface area contributed by atoms with Crippen LogP contribution >= 0.6 is 11.3 Å². The van der Waals surface area contributed by atoms with Crippen LogP contribution in [0.25, 0.3) is 16.7 Å². The molecule has 1 amide bonds. The predicted molar refractivity (Wildman–Crippen MR) is 118 cm³/mol. The van der Waals surface area contributed by atoms with Crippen molar-refractivity contribution in [3.63, 3.8) is 0 Å². The number of hydrogen-bond donors (Lipinski definition) is 0. The molecule has 0 bridgehead atoms. The van der Waals surface area contributed by atoms with Crippen LogP contribution in [0.4, 0.5) is 5.69 Å². The maximum absolute atomic E-state index is 13.0. The van der Waals surface area contributed by atoms with Crippen molar-refractivity contribution in [1.29, 1.82) is 0 Å². The van der Waals surface area contributed by atoms with Crippen LogP contribution in [0.2, 0.25) is 0 Å². The summed E-state index contributed by atoms with van der Waals surface area (Å²) in [6, 6.07) is 10.1. The van der Waals surface area contributed by atoms with Crippen molar-refractivity contribution in [1.82, 2.24) is 24.2 Å². The number of carbonyl (C=O) groups is 1. The fourth-order valence-corrected chi connectivity index (χ4v) is 4.99. The van der Waals surface area contributed by atoms with Crippen LogP contribution < -0.4 is 5.56 Å². The van der Waals surface area contributed by atoms with E-state index < -0.39 is 10.5 Å². The number of nitrogens with zero attached hydrogens (tertiary/aromatic N) is 6. The predicted octanol–water partition coefficient (Wildman–Crippen LogP) is 2.92. The molecule has 1 aliphatic heterocycles. The molecular formula is C21H18N6O4S. The van der Waals surface area contributed by atoms with Gasteiger partial charge in [0.2, 0.25) is 5.91 Å². The number of likely N-dealkylation sites (tertiary alicyclic amines) is 1. The number of carbonyl (C=O) groups excluding carboxylic acids is 1. The summed E-state index contributed by atoms with van der Waals surface area (Å²) in [4.78, 5) is 44.1. The maximum Gasteiger partial charge on any atom is 0.294 e. The van der Waals surface area contributed by atoms with Gasteiger partial charge in [-0.3, -0.25) is 24.3 Å². The first kappa shape index (κ1) is 20.1. The molecule has 11 heteroatoms.